The largest absolute Gasteiger partial charge is 0.397 e. The van der Waals surface area contributed by atoms with Gasteiger partial charge in [0.15, 0.2) is 0 Å². The number of hydrogen-bond donors (Lipinski definition) is 2. The maximum atomic E-state index is 14.6. The smallest absolute Gasteiger partial charge is 0.263 e. The summed E-state index contributed by atoms with van der Waals surface area (Å²) in [5.74, 6) is -0.977. The third kappa shape index (κ3) is 4.17. The molecule has 0 bridgehead atoms. The van der Waals surface area contributed by atoms with Gasteiger partial charge in [0.25, 0.3) is 5.91 Å². The van der Waals surface area contributed by atoms with Gasteiger partial charge >= 0.3 is 0 Å². The number of amides is 1. The number of nitrogen functional groups attached to an aromatic ring is 1. The molecule has 4 nitrogen and oxygen atoms in total. The Labute approximate surface area is 178 Å². The molecule has 0 aliphatic heterocycles. The number of carbonyl (C=O) groups excluding carboxylic acids is 1. The second-order valence-electron chi connectivity index (χ2n) is 7.96. The summed E-state index contributed by atoms with van der Waals surface area (Å²) in [5, 5.41) is 3.52. The normalized spacial score (nSPS) is 14.9. The summed E-state index contributed by atoms with van der Waals surface area (Å²) in [6, 6.07) is 6.33. The zero-order chi connectivity index (χ0) is 21.3. The molecule has 30 heavy (non-hydrogen) atoms. The lowest BCUT2D eigenvalue weighted by Crippen LogP contribution is -2.25. The molecule has 0 saturated heterocycles. The number of thiophene rings is 1. The minimum atomic E-state index is -0.410. The Morgan fingerprint density at radius 1 is 1.20 bits per heavy atom. The van der Waals surface area contributed by atoms with E-state index in [9.17, 15) is 13.6 Å². The van der Waals surface area contributed by atoms with Gasteiger partial charge in [0.1, 0.15) is 21.3 Å². The first-order valence-electron chi connectivity index (χ1n) is 10.4. The SMILES string of the molecule is Cc1ccc2c(N)c(C(=O)NCCc3cc(F)c(C4CCCCC4)cc3F)sc2n1. The maximum Gasteiger partial charge on any atom is 0.263 e. The van der Waals surface area contributed by atoms with Crippen molar-refractivity contribution in [3.05, 3.63) is 57.6 Å². The van der Waals surface area contributed by atoms with Gasteiger partial charge in [-0.3, -0.25) is 4.79 Å². The molecule has 158 valence electrons. The molecule has 1 amide bonds. The average Bonchev–Trinajstić information content (AvgIpc) is 3.06. The molecular formula is C23H25F2N3OS. The highest BCUT2D eigenvalue weighted by molar-refractivity contribution is 7.21. The van der Waals surface area contributed by atoms with E-state index >= 15 is 0 Å². The van der Waals surface area contributed by atoms with Crippen LogP contribution in [0.15, 0.2) is 24.3 Å². The lowest BCUT2D eigenvalue weighted by atomic mass is 9.83. The van der Waals surface area contributed by atoms with Crippen LogP contribution in [0.5, 0.6) is 0 Å². The molecule has 0 radical (unpaired) electrons. The zero-order valence-electron chi connectivity index (χ0n) is 16.9. The number of nitrogens with one attached hydrogen (secondary N) is 1. The van der Waals surface area contributed by atoms with Crippen molar-refractivity contribution in [2.75, 3.05) is 12.3 Å². The quantitative estimate of drug-likeness (QED) is 0.564. The Morgan fingerprint density at radius 2 is 1.97 bits per heavy atom. The number of aromatic nitrogens is 1. The van der Waals surface area contributed by atoms with Crippen LogP contribution in [0.3, 0.4) is 0 Å². The number of hydrogen-bond acceptors (Lipinski definition) is 4. The molecule has 2 heterocycles. The van der Waals surface area contributed by atoms with E-state index in [0.29, 0.717) is 21.0 Å². The molecule has 4 rings (SSSR count). The fraction of sp³-hybridized carbons (Fsp3) is 0.391. The van der Waals surface area contributed by atoms with Gasteiger partial charge in [-0.15, -0.1) is 11.3 Å². The molecule has 1 saturated carbocycles. The first-order chi connectivity index (χ1) is 14.4. The Morgan fingerprint density at radius 3 is 2.73 bits per heavy atom. The van der Waals surface area contributed by atoms with Crippen molar-refractivity contribution in [3.8, 4) is 0 Å². The van der Waals surface area contributed by atoms with Gasteiger partial charge in [-0.2, -0.15) is 0 Å². The highest BCUT2D eigenvalue weighted by atomic mass is 32.1. The molecule has 7 heteroatoms. The molecule has 0 atom stereocenters. The van der Waals surface area contributed by atoms with Crippen LogP contribution in [0.25, 0.3) is 10.2 Å². The first-order valence-corrected chi connectivity index (χ1v) is 11.2. The summed E-state index contributed by atoms with van der Waals surface area (Å²) in [6.07, 6.45) is 5.33. The van der Waals surface area contributed by atoms with E-state index in [2.05, 4.69) is 10.3 Å². The zero-order valence-corrected chi connectivity index (χ0v) is 17.7. The third-order valence-corrected chi connectivity index (χ3v) is 6.94. The molecule has 1 aromatic carbocycles. The summed E-state index contributed by atoms with van der Waals surface area (Å²) >= 11 is 1.23. The Bertz CT molecular complexity index is 1090. The Hall–Kier alpha value is -2.54. The minimum Gasteiger partial charge on any atom is -0.397 e. The van der Waals surface area contributed by atoms with E-state index in [4.69, 9.17) is 5.73 Å². The number of nitrogens with zero attached hydrogens (tertiary/aromatic N) is 1. The third-order valence-electron chi connectivity index (χ3n) is 5.83. The van der Waals surface area contributed by atoms with Crippen LogP contribution >= 0.6 is 11.3 Å². The maximum absolute atomic E-state index is 14.6. The average molecular weight is 430 g/mol. The number of halogens is 2. The molecule has 1 aliphatic carbocycles. The van der Waals surface area contributed by atoms with Gasteiger partial charge in [-0.05, 0) is 67.5 Å². The van der Waals surface area contributed by atoms with E-state index in [1.165, 1.54) is 29.9 Å². The molecular weight excluding hydrogens is 404 g/mol. The topological polar surface area (TPSA) is 68.0 Å². The van der Waals surface area contributed by atoms with Gasteiger partial charge in [-0.1, -0.05) is 19.3 Å². The van der Waals surface area contributed by atoms with E-state index in [0.717, 1.165) is 36.8 Å². The van der Waals surface area contributed by atoms with E-state index in [1.54, 1.807) is 0 Å². The van der Waals surface area contributed by atoms with Crippen molar-refractivity contribution in [2.24, 2.45) is 0 Å². The Kier molecular flexibility index (Phi) is 5.99. The lowest BCUT2D eigenvalue weighted by Gasteiger charge is -2.23. The molecule has 2 aromatic heterocycles. The number of anilines is 1. The summed E-state index contributed by atoms with van der Waals surface area (Å²) in [7, 11) is 0. The summed E-state index contributed by atoms with van der Waals surface area (Å²) in [4.78, 5) is 18.1. The van der Waals surface area contributed by atoms with Crippen LogP contribution in [0.1, 0.15) is 64.5 Å². The summed E-state index contributed by atoms with van der Waals surface area (Å²) in [6.45, 7) is 2.07. The van der Waals surface area contributed by atoms with Crippen LogP contribution in [-0.4, -0.2) is 17.4 Å². The molecule has 3 N–H and O–H groups in total. The molecule has 0 unspecified atom stereocenters. The predicted octanol–water partition coefficient (Wildman–Crippen LogP) is 5.49. The van der Waals surface area contributed by atoms with Crippen LogP contribution in [0, 0.1) is 18.6 Å². The molecule has 1 aliphatic rings. The van der Waals surface area contributed by atoms with Crippen molar-refractivity contribution in [1.82, 2.24) is 10.3 Å². The fourth-order valence-electron chi connectivity index (χ4n) is 4.17. The van der Waals surface area contributed by atoms with Gasteiger partial charge in [-0.25, -0.2) is 13.8 Å². The highest BCUT2D eigenvalue weighted by Crippen LogP contribution is 2.35. The molecule has 3 aromatic rings. The number of pyridine rings is 1. The van der Waals surface area contributed by atoms with Crippen molar-refractivity contribution < 1.29 is 13.6 Å². The fourth-order valence-corrected chi connectivity index (χ4v) is 5.23. The number of carbonyl (C=O) groups is 1. The van der Waals surface area contributed by atoms with Gasteiger partial charge in [0.05, 0.1) is 5.69 Å². The predicted molar refractivity (Wildman–Crippen MR) is 117 cm³/mol. The van der Waals surface area contributed by atoms with Crippen LogP contribution in [0.2, 0.25) is 0 Å². The second-order valence-corrected chi connectivity index (χ2v) is 8.96. The van der Waals surface area contributed by atoms with Crippen LogP contribution < -0.4 is 11.1 Å². The number of aryl methyl sites for hydroxylation is 1. The Balaban J connectivity index is 1.42. The van der Waals surface area contributed by atoms with Crippen molar-refractivity contribution in [3.63, 3.8) is 0 Å². The number of fused-ring (bicyclic) bond motifs is 1. The monoisotopic (exact) mass is 429 g/mol. The van der Waals surface area contributed by atoms with E-state index in [-0.39, 0.29) is 36.2 Å². The van der Waals surface area contributed by atoms with Crippen molar-refractivity contribution in [2.45, 2.75) is 51.4 Å². The first kappa shape index (κ1) is 20.7. The van der Waals surface area contributed by atoms with Crippen molar-refractivity contribution >= 4 is 33.1 Å². The molecule has 0 spiro atoms. The highest BCUT2D eigenvalue weighted by Gasteiger charge is 2.21. The minimum absolute atomic E-state index is 0.107. The van der Waals surface area contributed by atoms with E-state index < -0.39 is 5.82 Å². The van der Waals surface area contributed by atoms with Gasteiger partial charge < -0.3 is 11.1 Å². The number of nitrogens with two attached hydrogens (primary N) is 1. The standard InChI is InChI=1S/C23H25F2N3OS/c1-13-7-8-16-20(26)21(30-23(16)28-13)22(29)27-10-9-15-11-19(25)17(12-18(15)24)14-5-3-2-4-6-14/h7-8,11-12,14H,2-6,9-10,26H2,1H3,(H,27,29). The number of benzene rings is 1. The van der Waals surface area contributed by atoms with Gasteiger partial charge in [0.2, 0.25) is 0 Å². The van der Waals surface area contributed by atoms with Crippen molar-refractivity contribution in [1.29, 1.82) is 0 Å². The summed E-state index contributed by atoms with van der Waals surface area (Å²) < 4.78 is 29.2. The number of rotatable bonds is 5. The lowest BCUT2D eigenvalue weighted by molar-refractivity contribution is 0.0959. The summed E-state index contributed by atoms with van der Waals surface area (Å²) in [5.41, 5.74) is 8.11. The van der Waals surface area contributed by atoms with Crippen LogP contribution in [-0.2, 0) is 6.42 Å². The van der Waals surface area contributed by atoms with Crippen LogP contribution in [0.4, 0.5) is 14.5 Å². The molecule has 1 fully saturated rings. The van der Waals surface area contributed by atoms with Gasteiger partial charge in [0, 0.05) is 17.6 Å². The second kappa shape index (κ2) is 8.68. The van der Waals surface area contributed by atoms with E-state index in [1.807, 2.05) is 19.1 Å².